The lowest BCUT2D eigenvalue weighted by molar-refractivity contribution is -0.122. The standard InChI is InChI=1S/C22H28FN3O3S/c1-2-3-18-6-10-21(11-7-18)30(28,29)26-14-12-25(13-15-26)17-22(27)24-16-19-4-8-20(23)9-5-19/h4-11H,2-3,12-17H2,1H3,(H,24,27). The fourth-order valence-electron chi connectivity index (χ4n) is 3.46. The highest BCUT2D eigenvalue weighted by Crippen LogP contribution is 2.19. The molecular formula is C22H28FN3O3S. The first kappa shape index (κ1) is 22.4. The van der Waals surface area contributed by atoms with Gasteiger partial charge in [-0.2, -0.15) is 4.31 Å². The molecule has 2 aromatic carbocycles. The minimum Gasteiger partial charge on any atom is -0.351 e. The van der Waals surface area contributed by atoms with Gasteiger partial charge in [-0.25, -0.2) is 12.8 Å². The molecule has 1 N–H and O–H groups in total. The molecule has 1 amide bonds. The number of nitrogens with zero attached hydrogens (tertiary/aromatic N) is 2. The predicted octanol–water partition coefficient (Wildman–Crippen LogP) is 2.40. The van der Waals surface area contributed by atoms with Gasteiger partial charge >= 0.3 is 0 Å². The lowest BCUT2D eigenvalue weighted by Crippen LogP contribution is -2.50. The Morgan fingerprint density at radius 2 is 1.57 bits per heavy atom. The molecule has 8 heteroatoms. The van der Waals surface area contributed by atoms with E-state index in [9.17, 15) is 17.6 Å². The van der Waals surface area contributed by atoms with E-state index in [0.717, 1.165) is 24.0 Å². The predicted molar refractivity (Wildman–Crippen MR) is 114 cm³/mol. The van der Waals surface area contributed by atoms with E-state index in [1.165, 1.54) is 16.4 Å². The molecule has 0 unspecified atom stereocenters. The number of sulfonamides is 1. The highest BCUT2D eigenvalue weighted by molar-refractivity contribution is 7.89. The summed E-state index contributed by atoms with van der Waals surface area (Å²) in [6, 6.07) is 13.1. The van der Waals surface area contributed by atoms with Crippen LogP contribution in [0.4, 0.5) is 4.39 Å². The number of hydrogen-bond donors (Lipinski definition) is 1. The number of rotatable bonds is 8. The van der Waals surface area contributed by atoms with Crippen molar-refractivity contribution in [1.29, 1.82) is 0 Å². The van der Waals surface area contributed by atoms with Gasteiger partial charge in [-0.15, -0.1) is 0 Å². The van der Waals surface area contributed by atoms with Gasteiger partial charge < -0.3 is 5.32 Å². The number of halogens is 1. The van der Waals surface area contributed by atoms with Crippen LogP contribution < -0.4 is 5.32 Å². The molecule has 3 rings (SSSR count). The topological polar surface area (TPSA) is 69.7 Å². The molecule has 0 atom stereocenters. The van der Waals surface area contributed by atoms with Crippen LogP contribution in [0, 0.1) is 5.82 Å². The molecular weight excluding hydrogens is 405 g/mol. The van der Waals surface area contributed by atoms with Gasteiger partial charge in [0.2, 0.25) is 15.9 Å². The zero-order chi connectivity index (χ0) is 21.6. The average molecular weight is 434 g/mol. The monoisotopic (exact) mass is 433 g/mol. The van der Waals surface area contributed by atoms with E-state index < -0.39 is 10.0 Å². The molecule has 1 aliphatic heterocycles. The van der Waals surface area contributed by atoms with Gasteiger partial charge in [-0.3, -0.25) is 9.69 Å². The fourth-order valence-corrected chi connectivity index (χ4v) is 4.88. The van der Waals surface area contributed by atoms with Crippen LogP contribution in [0.2, 0.25) is 0 Å². The Bertz CT molecular complexity index is 939. The summed E-state index contributed by atoms with van der Waals surface area (Å²) < 4.78 is 40.1. The Morgan fingerprint density at radius 3 is 2.17 bits per heavy atom. The van der Waals surface area contributed by atoms with Crippen molar-refractivity contribution >= 4 is 15.9 Å². The minimum absolute atomic E-state index is 0.137. The number of piperazine rings is 1. The van der Waals surface area contributed by atoms with E-state index in [0.29, 0.717) is 37.6 Å². The lowest BCUT2D eigenvalue weighted by atomic mass is 10.1. The van der Waals surface area contributed by atoms with Crippen molar-refractivity contribution in [3.8, 4) is 0 Å². The first-order chi connectivity index (χ1) is 14.4. The van der Waals surface area contributed by atoms with E-state index in [1.807, 2.05) is 17.0 Å². The number of carbonyl (C=O) groups excluding carboxylic acids is 1. The summed E-state index contributed by atoms with van der Waals surface area (Å²) in [6.45, 7) is 4.33. The summed E-state index contributed by atoms with van der Waals surface area (Å²) in [5.41, 5.74) is 1.96. The number of hydrogen-bond acceptors (Lipinski definition) is 4. The Labute approximate surface area is 177 Å². The van der Waals surface area contributed by atoms with Gasteiger partial charge in [-0.05, 0) is 41.8 Å². The number of aryl methyl sites for hydroxylation is 1. The van der Waals surface area contributed by atoms with Gasteiger partial charge in [0.1, 0.15) is 5.82 Å². The fraction of sp³-hybridized carbons (Fsp3) is 0.409. The van der Waals surface area contributed by atoms with Crippen LogP contribution in [0.15, 0.2) is 53.4 Å². The molecule has 1 aliphatic rings. The number of carbonyl (C=O) groups is 1. The number of nitrogens with one attached hydrogen (secondary N) is 1. The van der Waals surface area contributed by atoms with Crippen molar-refractivity contribution in [3.05, 3.63) is 65.5 Å². The molecule has 162 valence electrons. The van der Waals surface area contributed by atoms with Gasteiger partial charge in [0.15, 0.2) is 0 Å². The quantitative estimate of drug-likeness (QED) is 0.694. The van der Waals surface area contributed by atoms with Gasteiger partial charge in [0, 0.05) is 32.7 Å². The molecule has 0 aliphatic carbocycles. The molecule has 1 saturated heterocycles. The second-order valence-corrected chi connectivity index (χ2v) is 9.42. The van der Waals surface area contributed by atoms with Crippen molar-refractivity contribution in [1.82, 2.24) is 14.5 Å². The number of amides is 1. The molecule has 0 radical (unpaired) electrons. The van der Waals surface area contributed by atoms with Gasteiger partial charge in [0.05, 0.1) is 11.4 Å². The summed E-state index contributed by atoms with van der Waals surface area (Å²) in [5.74, 6) is -0.447. The first-order valence-corrected chi connectivity index (χ1v) is 11.6. The van der Waals surface area contributed by atoms with E-state index in [2.05, 4.69) is 12.2 Å². The van der Waals surface area contributed by atoms with Gasteiger partial charge in [0.25, 0.3) is 0 Å². The molecule has 0 spiro atoms. The summed E-state index contributed by atoms with van der Waals surface area (Å²) in [7, 11) is -3.52. The third kappa shape index (κ3) is 5.87. The molecule has 2 aromatic rings. The van der Waals surface area contributed by atoms with E-state index in [1.54, 1.807) is 24.3 Å². The largest absolute Gasteiger partial charge is 0.351 e. The molecule has 0 aromatic heterocycles. The van der Waals surface area contributed by atoms with Crippen LogP contribution in [0.25, 0.3) is 0 Å². The van der Waals surface area contributed by atoms with Crippen LogP contribution in [-0.4, -0.2) is 56.3 Å². The SMILES string of the molecule is CCCc1ccc(S(=O)(=O)N2CCN(CC(=O)NCc3ccc(F)cc3)CC2)cc1. The third-order valence-corrected chi connectivity index (χ3v) is 7.11. The molecule has 6 nitrogen and oxygen atoms in total. The van der Waals surface area contributed by atoms with Gasteiger partial charge in [-0.1, -0.05) is 37.6 Å². The Kier molecular flexibility index (Phi) is 7.58. The second kappa shape index (κ2) is 10.1. The molecule has 1 fully saturated rings. The second-order valence-electron chi connectivity index (χ2n) is 7.48. The van der Waals surface area contributed by atoms with Crippen molar-refractivity contribution in [2.45, 2.75) is 31.2 Å². The normalized spacial score (nSPS) is 15.8. The van der Waals surface area contributed by atoms with E-state index >= 15 is 0 Å². The summed E-state index contributed by atoms with van der Waals surface area (Å²) in [5, 5.41) is 2.81. The third-order valence-electron chi connectivity index (χ3n) is 5.20. The van der Waals surface area contributed by atoms with Crippen molar-refractivity contribution in [2.75, 3.05) is 32.7 Å². The molecule has 0 bridgehead atoms. The maximum atomic E-state index is 12.9. The Morgan fingerprint density at radius 1 is 0.967 bits per heavy atom. The summed E-state index contributed by atoms with van der Waals surface area (Å²) in [4.78, 5) is 14.4. The van der Waals surface area contributed by atoms with E-state index in [-0.39, 0.29) is 18.3 Å². The summed E-state index contributed by atoms with van der Waals surface area (Å²) >= 11 is 0. The Balaban J connectivity index is 1.47. The van der Waals surface area contributed by atoms with Crippen LogP contribution >= 0.6 is 0 Å². The van der Waals surface area contributed by atoms with Crippen molar-refractivity contribution in [3.63, 3.8) is 0 Å². The van der Waals surface area contributed by atoms with Crippen molar-refractivity contribution < 1.29 is 17.6 Å². The zero-order valence-electron chi connectivity index (χ0n) is 17.2. The maximum absolute atomic E-state index is 12.9. The molecule has 0 saturated carbocycles. The van der Waals surface area contributed by atoms with Crippen LogP contribution in [0.1, 0.15) is 24.5 Å². The highest BCUT2D eigenvalue weighted by Gasteiger charge is 2.29. The van der Waals surface area contributed by atoms with Crippen LogP contribution in [-0.2, 0) is 27.8 Å². The highest BCUT2D eigenvalue weighted by atomic mass is 32.2. The number of benzene rings is 2. The lowest BCUT2D eigenvalue weighted by Gasteiger charge is -2.33. The molecule has 30 heavy (non-hydrogen) atoms. The van der Waals surface area contributed by atoms with Crippen LogP contribution in [0.3, 0.4) is 0 Å². The maximum Gasteiger partial charge on any atom is 0.243 e. The summed E-state index contributed by atoms with van der Waals surface area (Å²) in [6.07, 6.45) is 1.95. The first-order valence-electron chi connectivity index (χ1n) is 10.2. The van der Waals surface area contributed by atoms with E-state index in [4.69, 9.17) is 0 Å². The smallest absolute Gasteiger partial charge is 0.243 e. The van der Waals surface area contributed by atoms with Crippen LogP contribution in [0.5, 0.6) is 0 Å². The average Bonchev–Trinajstić information content (AvgIpc) is 2.74. The Hall–Kier alpha value is -2.29. The minimum atomic E-state index is -3.52. The van der Waals surface area contributed by atoms with Crippen molar-refractivity contribution in [2.24, 2.45) is 0 Å². The molecule has 1 heterocycles. The zero-order valence-corrected chi connectivity index (χ0v) is 18.0.